The number of rotatable bonds is 6. The predicted octanol–water partition coefficient (Wildman–Crippen LogP) is 2.34. The topological polar surface area (TPSA) is 65.0 Å². The molecular weight excluding hydrogens is 350 g/mol. The molecule has 2 aromatic carbocycles. The Bertz CT molecular complexity index is 776. The van der Waals surface area contributed by atoms with Gasteiger partial charge in [-0.15, -0.1) is 0 Å². The molecule has 7 heteroatoms. The van der Waals surface area contributed by atoms with Crippen LogP contribution in [0.15, 0.2) is 42.5 Å². The Morgan fingerprint density at radius 3 is 2.58 bits per heavy atom. The van der Waals surface area contributed by atoms with Crippen molar-refractivity contribution in [2.45, 2.75) is 6.54 Å². The summed E-state index contributed by atoms with van der Waals surface area (Å²) in [5.41, 5.74) is 4.18. The van der Waals surface area contributed by atoms with Gasteiger partial charge in [0.1, 0.15) is 5.75 Å². The molecule has 26 heavy (non-hydrogen) atoms. The van der Waals surface area contributed by atoms with Crippen molar-refractivity contribution >= 4 is 17.0 Å². The zero-order valence-electron chi connectivity index (χ0n) is 15.1. The van der Waals surface area contributed by atoms with E-state index in [1.807, 2.05) is 36.4 Å². The zero-order valence-corrected chi connectivity index (χ0v) is 16.0. The third kappa shape index (κ3) is 4.42. The number of anilines is 1. The molecule has 0 saturated carbocycles. The van der Waals surface area contributed by atoms with Crippen LogP contribution < -0.4 is 14.4 Å². The van der Waals surface area contributed by atoms with E-state index in [9.17, 15) is 4.21 Å². The Balaban J connectivity index is 1.94. The Kier molecular flexibility index (Phi) is 6.26. The fraction of sp³-hybridized carbons (Fsp3) is 0.368. The fourth-order valence-corrected chi connectivity index (χ4v) is 3.53. The van der Waals surface area contributed by atoms with Crippen LogP contribution in [0.25, 0.3) is 11.1 Å². The minimum atomic E-state index is -2.03. The maximum absolute atomic E-state index is 11.0. The second-order valence-electron chi connectivity index (χ2n) is 6.40. The SMILES string of the molecule is COc1ccc(-c2ccccc2CNS(=O)O)cc1N1CCN(C)CC1. The maximum Gasteiger partial charge on any atom is 0.232 e. The Morgan fingerprint density at radius 2 is 1.88 bits per heavy atom. The minimum absolute atomic E-state index is 0.329. The van der Waals surface area contributed by atoms with Gasteiger partial charge in [0.25, 0.3) is 0 Å². The van der Waals surface area contributed by atoms with E-state index < -0.39 is 11.3 Å². The Morgan fingerprint density at radius 1 is 1.15 bits per heavy atom. The lowest BCUT2D eigenvalue weighted by Crippen LogP contribution is -2.44. The fourth-order valence-electron chi connectivity index (χ4n) is 3.25. The van der Waals surface area contributed by atoms with E-state index in [1.165, 1.54) is 0 Å². The minimum Gasteiger partial charge on any atom is -0.495 e. The van der Waals surface area contributed by atoms with Crippen LogP contribution in [0, 0.1) is 0 Å². The molecule has 2 aromatic rings. The standard InChI is InChI=1S/C19H25N3O3S/c1-21-9-11-22(12-10-21)18-13-15(7-8-19(18)25-2)17-6-4-3-5-16(17)14-20-26(23)24/h3-8,13,20H,9-12,14H2,1-2H3,(H,23,24). The van der Waals surface area contributed by atoms with Gasteiger partial charge in [0.05, 0.1) is 12.8 Å². The highest BCUT2D eigenvalue weighted by atomic mass is 32.2. The molecule has 1 atom stereocenters. The van der Waals surface area contributed by atoms with Gasteiger partial charge in [-0.1, -0.05) is 30.3 Å². The van der Waals surface area contributed by atoms with Crippen molar-refractivity contribution in [3.05, 3.63) is 48.0 Å². The lowest BCUT2D eigenvalue weighted by molar-refractivity contribution is 0.311. The highest BCUT2D eigenvalue weighted by Gasteiger charge is 2.19. The van der Waals surface area contributed by atoms with Crippen molar-refractivity contribution in [1.29, 1.82) is 0 Å². The van der Waals surface area contributed by atoms with Crippen molar-refractivity contribution in [2.24, 2.45) is 0 Å². The third-order valence-corrected chi connectivity index (χ3v) is 5.13. The molecule has 1 aliphatic heterocycles. The highest BCUT2D eigenvalue weighted by molar-refractivity contribution is 7.77. The van der Waals surface area contributed by atoms with E-state index in [0.717, 1.165) is 54.3 Å². The second kappa shape index (κ2) is 8.64. The van der Waals surface area contributed by atoms with E-state index in [-0.39, 0.29) is 0 Å². The summed E-state index contributed by atoms with van der Waals surface area (Å²) in [6.45, 7) is 4.30. The number of benzene rings is 2. The van der Waals surface area contributed by atoms with Crippen LogP contribution in [-0.4, -0.2) is 54.0 Å². The van der Waals surface area contributed by atoms with E-state index >= 15 is 0 Å². The monoisotopic (exact) mass is 375 g/mol. The summed E-state index contributed by atoms with van der Waals surface area (Å²) in [5.74, 6) is 0.866. The zero-order chi connectivity index (χ0) is 18.5. The van der Waals surface area contributed by atoms with Gasteiger partial charge >= 0.3 is 0 Å². The number of hydrogen-bond acceptors (Lipinski definition) is 4. The van der Waals surface area contributed by atoms with Crippen molar-refractivity contribution in [3.8, 4) is 16.9 Å². The molecule has 0 amide bonds. The van der Waals surface area contributed by atoms with Crippen LogP contribution in [-0.2, 0) is 17.8 Å². The molecule has 3 rings (SSSR count). The Hall–Kier alpha value is -1.93. The Labute approximate surface area is 157 Å². The van der Waals surface area contributed by atoms with Crippen molar-refractivity contribution in [3.63, 3.8) is 0 Å². The van der Waals surface area contributed by atoms with E-state index in [0.29, 0.717) is 6.54 Å². The van der Waals surface area contributed by atoms with Crippen LogP contribution in [0.2, 0.25) is 0 Å². The number of piperazine rings is 1. The molecule has 6 nitrogen and oxygen atoms in total. The van der Waals surface area contributed by atoms with Crippen LogP contribution in [0.4, 0.5) is 5.69 Å². The summed E-state index contributed by atoms with van der Waals surface area (Å²) in [6, 6.07) is 14.1. The summed E-state index contributed by atoms with van der Waals surface area (Å²) in [4.78, 5) is 4.68. The van der Waals surface area contributed by atoms with E-state index in [1.54, 1.807) is 7.11 Å². The molecule has 2 N–H and O–H groups in total. The van der Waals surface area contributed by atoms with Crippen molar-refractivity contribution < 1.29 is 13.5 Å². The smallest absolute Gasteiger partial charge is 0.232 e. The first-order valence-electron chi connectivity index (χ1n) is 8.62. The molecular formula is C19H25N3O3S. The molecule has 1 fully saturated rings. The van der Waals surface area contributed by atoms with Gasteiger partial charge in [-0.25, -0.2) is 8.93 Å². The number of nitrogens with one attached hydrogen (secondary N) is 1. The average Bonchev–Trinajstić information content (AvgIpc) is 2.66. The predicted molar refractivity (Wildman–Crippen MR) is 106 cm³/mol. The lowest BCUT2D eigenvalue weighted by atomic mass is 9.98. The summed E-state index contributed by atoms with van der Waals surface area (Å²) in [7, 11) is 3.84. The molecule has 0 aromatic heterocycles. The average molecular weight is 375 g/mol. The molecule has 0 radical (unpaired) electrons. The van der Waals surface area contributed by atoms with Gasteiger partial charge in [-0.3, -0.25) is 4.55 Å². The van der Waals surface area contributed by atoms with Gasteiger partial charge in [0.2, 0.25) is 11.3 Å². The van der Waals surface area contributed by atoms with Crippen LogP contribution in [0.1, 0.15) is 5.56 Å². The number of methoxy groups -OCH3 is 1. The first-order chi connectivity index (χ1) is 12.6. The normalized spacial score (nSPS) is 16.5. The van der Waals surface area contributed by atoms with Gasteiger partial charge in [-0.05, 0) is 35.9 Å². The van der Waals surface area contributed by atoms with E-state index in [2.05, 4.69) is 27.6 Å². The first-order valence-corrected chi connectivity index (χ1v) is 9.73. The molecule has 1 unspecified atom stereocenters. The molecule has 0 spiro atoms. The molecule has 0 bridgehead atoms. The van der Waals surface area contributed by atoms with Crippen molar-refractivity contribution in [2.75, 3.05) is 45.2 Å². The molecule has 1 aliphatic rings. The number of nitrogens with zero attached hydrogens (tertiary/aromatic N) is 2. The highest BCUT2D eigenvalue weighted by Crippen LogP contribution is 2.35. The van der Waals surface area contributed by atoms with Crippen molar-refractivity contribution in [1.82, 2.24) is 9.62 Å². The van der Waals surface area contributed by atoms with Crippen LogP contribution in [0.3, 0.4) is 0 Å². The van der Waals surface area contributed by atoms with Crippen LogP contribution in [0.5, 0.6) is 5.75 Å². The second-order valence-corrected chi connectivity index (χ2v) is 7.19. The van der Waals surface area contributed by atoms with Crippen LogP contribution >= 0.6 is 0 Å². The number of hydrogen-bond donors (Lipinski definition) is 2. The van der Waals surface area contributed by atoms with Gasteiger partial charge < -0.3 is 14.5 Å². The lowest BCUT2D eigenvalue weighted by Gasteiger charge is -2.35. The molecule has 140 valence electrons. The first kappa shape index (κ1) is 18.8. The molecule has 1 saturated heterocycles. The summed E-state index contributed by atoms with van der Waals surface area (Å²) in [5, 5.41) is 0. The van der Waals surface area contributed by atoms with Gasteiger partial charge in [0, 0.05) is 32.7 Å². The summed E-state index contributed by atoms with van der Waals surface area (Å²) < 4.78 is 28.1. The quantitative estimate of drug-likeness (QED) is 0.759. The summed E-state index contributed by atoms with van der Waals surface area (Å²) in [6.07, 6.45) is 0. The maximum atomic E-state index is 11.0. The summed E-state index contributed by atoms with van der Waals surface area (Å²) >= 11 is -2.03. The van der Waals surface area contributed by atoms with E-state index in [4.69, 9.17) is 9.29 Å². The van der Waals surface area contributed by atoms with Gasteiger partial charge in [0.15, 0.2) is 0 Å². The van der Waals surface area contributed by atoms with Gasteiger partial charge in [-0.2, -0.15) is 0 Å². The molecule has 1 heterocycles. The molecule has 0 aliphatic carbocycles. The third-order valence-electron chi connectivity index (χ3n) is 4.74. The largest absolute Gasteiger partial charge is 0.495 e. The number of ether oxygens (including phenoxy) is 1. The number of likely N-dealkylation sites (N-methyl/N-ethyl adjacent to an activating group) is 1.